The molecule has 0 saturated carbocycles. The van der Waals surface area contributed by atoms with Crippen LogP contribution in [0.25, 0.3) is 22.6 Å². The number of carbonyl (C=O) groups is 1. The first-order valence-corrected chi connectivity index (χ1v) is 10.2. The predicted octanol–water partition coefficient (Wildman–Crippen LogP) is 4.96. The van der Waals surface area contributed by atoms with Crippen molar-refractivity contribution in [2.45, 2.75) is 19.8 Å². The van der Waals surface area contributed by atoms with Gasteiger partial charge in [-0.05, 0) is 48.7 Å². The van der Waals surface area contributed by atoms with Gasteiger partial charge in [0.25, 0.3) is 0 Å². The van der Waals surface area contributed by atoms with Crippen molar-refractivity contribution in [2.75, 3.05) is 28.4 Å². The molecule has 7 heteroatoms. The number of nitrogens with zero attached hydrogens (tertiary/aromatic N) is 1. The molecule has 0 aliphatic heterocycles. The van der Waals surface area contributed by atoms with E-state index in [4.69, 9.17) is 28.3 Å². The Morgan fingerprint density at radius 2 is 1.50 bits per heavy atom. The fourth-order valence-electron chi connectivity index (χ4n) is 3.99. The van der Waals surface area contributed by atoms with Crippen molar-refractivity contribution in [3.05, 3.63) is 53.4 Å². The number of Topliss-reactive ketones (excluding diaryl/α,β-unsaturated/α-hetero) is 1. The van der Waals surface area contributed by atoms with E-state index in [1.54, 1.807) is 40.6 Å². The lowest BCUT2D eigenvalue weighted by Crippen LogP contribution is -1.97. The fourth-order valence-corrected chi connectivity index (χ4v) is 3.99. The third-order valence-corrected chi connectivity index (χ3v) is 5.56. The minimum Gasteiger partial charge on any atom is -0.497 e. The zero-order valence-electron chi connectivity index (χ0n) is 18.8. The molecule has 0 spiro atoms. The van der Waals surface area contributed by atoms with Gasteiger partial charge in [0.1, 0.15) is 17.2 Å². The van der Waals surface area contributed by atoms with Crippen LogP contribution in [0.3, 0.4) is 0 Å². The van der Waals surface area contributed by atoms with Crippen molar-refractivity contribution in [3.63, 3.8) is 0 Å². The van der Waals surface area contributed by atoms with E-state index in [9.17, 15) is 4.79 Å². The van der Waals surface area contributed by atoms with Crippen LogP contribution in [0.2, 0.25) is 0 Å². The van der Waals surface area contributed by atoms with Gasteiger partial charge < -0.3 is 23.4 Å². The van der Waals surface area contributed by atoms with E-state index < -0.39 is 0 Å². The van der Waals surface area contributed by atoms with Crippen molar-refractivity contribution in [1.29, 1.82) is 0 Å². The Morgan fingerprint density at radius 3 is 2.06 bits per heavy atom. The molecule has 0 bridgehead atoms. The third kappa shape index (κ3) is 3.70. The van der Waals surface area contributed by atoms with Gasteiger partial charge >= 0.3 is 0 Å². The van der Waals surface area contributed by atoms with Crippen LogP contribution in [-0.4, -0.2) is 39.2 Å². The summed E-state index contributed by atoms with van der Waals surface area (Å²) in [4.78, 5) is 17.5. The third-order valence-electron chi connectivity index (χ3n) is 5.56. The zero-order chi connectivity index (χ0) is 22.8. The molecule has 7 nitrogen and oxygen atoms in total. The van der Waals surface area contributed by atoms with Gasteiger partial charge in [0.2, 0.25) is 11.6 Å². The SMILES string of the molecule is COc1ccc(C2=C(c3nc(-c4cc(OC)c(OC)c(OC)c4)oc3C)CCC2=O)cc1. The summed E-state index contributed by atoms with van der Waals surface area (Å²) in [6.45, 7) is 1.85. The Balaban J connectivity index is 1.81. The lowest BCUT2D eigenvalue weighted by atomic mass is 9.99. The van der Waals surface area contributed by atoms with Gasteiger partial charge in [0.05, 0.1) is 28.4 Å². The maximum atomic E-state index is 12.7. The lowest BCUT2D eigenvalue weighted by Gasteiger charge is -2.12. The number of benzene rings is 2. The van der Waals surface area contributed by atoms with E-state index >= 15 is 0 Å². The number of oxazole rings is 1. The number of hydrogen-bond acceptors (Lipinski definition) is 7. The Bertz CT molecular complexity index is 1160. The van der Waals surface area contributed by atoms with Crippen LogP contribution in [0.15, 0.2) is 40.8 Å². The number of allylic oxidation sites excluding steroid dienone is 2. The molecule has 2 aromatic carbocycles. The number of ketones is 1. The summed E-state index contributed by atoms with van der Waals surface area (Å²) in [6.07, 6.45) is 1.06. The average Bonchev–Trinajstić information content (AvgIpc) is 3.40. The summed E-state index contributed by atoms with van der Waals surface area (Å²) >= 11 is 0. The molecule has 166 valence electrons. The van der Waals surface area contributed by atoms with Crippen LogP contribution in [0.5, 0.6) is 23.0 Å². The maximum absolute atomic E-state index is 12.7. The second-order valence-electron chi connectivity index (χ2n) is 7.34. The van der Waals surface area contributed by atoms with Gasteiger partial charge in [-0.2, -0.15) is 0 Å². The summed E-state index contributed by atoms with van der Waals surface area (Å²) in [7, 11) is 6.29. The minimum absolute atomic E-state index is 0.0990. The maximum Gasteiger partial charge on any atom is 0.227 e. The minimum atomic E-state index is 0.0990. The van der Waals surface area contributed by atoms with Gasteiger partial charge in [-0.1, -0.05) is 12.1 Å². The number of methoxy groups -OCH3 is 4. The summed E-state index contributed by atoms with van der Waals surface area (Å²) < 4.78 is 27.5. The number of ether oxygens (including phenoxy) is 4. The molecule has 1 aliphatic rings. The van der Waals surface area contributed by atoms with Crippen LogP contribution < -0.4 is 18.9 Å². The molecule has 3 aromatic rings. The largest absolute Gasteiger partial charge is 0.497 e. The normalized spacial score (nSPS) is 13.5. The smallest absolute Gasteiger partial charge is 0.227 e. The number of aromatic nitrogens is 1. The highest BCUT2D eigenvalue weighted by molar-refractivity contribution is 6.31. The zero-order valence-corrected chi connectivity index (χ0v) is 18.8. The molecular formula is C25H25NO6. The molecule has 1 aromatic heterocycles. The van der Waals surface area contributed by atoms with E-state index in [1.165, 1.54) is 0 Å². The quantitative estimate of drug-likeness (QED) is 0.519. The second-order valence-corrected chi connectivity index (χ2v) is 7.34. The summed E-state index contributed by atoms with van der Waals surface area (Å²) in [5.74, 6) is 3.41. The molecular weight excluding hydrogens is 410 g/mol. The molecule has 32 heavy (non-hydrogen) atoms. The van der Waals surface area contributed by atoms with Crippen LogP contribution in [0.4, 0.5) is 0 Å². The number of rotatable bonds is 7. The molecule has 1 heterocycles. The van der Waals surface area contributed by atoms with Gasteiger partial charge in [-0.25, -0.2) is 4.98 Å². The molecule has 0 atom stereocenters. The first kappa shape index (κ1) is 21.5. The predicted molar refractivity (Wildman–Crippen MR) is 120 cm³/mol. The molecule has 0 N–H and O–H groups in total. The van der Waals surface area contributed by atoms with Crippen LogP contribution >= 0.6 is 0 Å². The summed E-state index contributed by atoms with van der Waals surface area (Å²) in [6, 6.07) is 11.1. The van der Waals surface area contributed by atoms with E-state index in [0.717, 1.165) is 16.9 Å². The number of aryl methyl sites for hydroxylation is 1. The molecule has 1 aliphatic carbocycles. The number of carbonyl (C=O) groups excluding carboxylic acids is 1. The van der Waals surface area contributed by atoms with E-state index in [0.29, 0.717) is 58.6 Å². The Labute approximate surface area is 186 Å². The monoisotopic (exact) mass is 435 g/mol. The molecule has 4 rings (SSSR count). The van der Waals surface area contributed by atoms with E-state index in [2.05, 4.69) is 0 Å². The van der Waals surface area contributed by atoms with Crippen molar-refractivity contribution >= 4 is 16.9 Å². The van der Waals surface area contributed by atoms with Crippen molar-refractivity contribution in [2.24, 2.45) is 0 Å². The van der Waals surface area contributed by atoms with E-state index in [-0.39, 0.29) is 5.78 Å². The van der Waals surface area contributed by atoms with Crippen LogP contribution in [0, 0.1) is 6.92 Å². The lowest BCUT2D eigenvalue weighted by molar-refractivity contribution is -0.113. The standard InChI is InChI=1S/C25H25NO6/c1-14-23(18-10-11-19(27)22(18)15-6-8-17(28-2)9-7-15)26-25(32-14)16-12-20(29-3)24(31-5)21(13-16)30-4/h6-9,12-13H,10-11H2,1-5H3. The first-order valence-electron chi connectivity index (χ1n) is 10.2. The second kappa shape index (κ2) is 8.78. The van der Waals surface area contributed by atoms with Crippen molar-refractivity contribution < 1.29 is 28.2 Å². The Hall–Kier alpha value is -3.74. The van der Waals surface area contributed by atoms with Gasteiger partial charge in [-0.3, -0.25) is 4.79 Å². The van der Waals surface area contributed by atoms with E-state index in [1.807, 2.05) is 31.2 Å². The van der Waals surface area contributed by atoms with Gasteiger partial charge in [0, 0.05) is 17.6 Å². The molecule has 0 amide bonds. The van der Waals surface area contributed by atoms with Gasteiger partial charge in [0.15, 0.2) is 17.3 Å². The molecule has 0 saturated heterocycles. The molecule has 0 unspecified atom stereocenters. The molecule has 0 fully saturated rings. The highest BCUT2D eigenvalue weighted by Gasteiger charge is 2.29. The summed E-state index contributed by atoms with van der Waals surface area (Å²) in [5, 5.41) is 0. The van der Waals surface area contributed by atoms with Crippen LogP contribution in [0.1, 0.15) is 29.9 Å². The number of hydrogen-bond donors (Lipinski definition) is 0. The average molecular weight is 435 g/mol. The fraction of sp³-hybridized carbons (Fsp3) is 0.280. The first-order chi connectivity index (χ1) is 15.5. The Morgan fingerprint density at radius 1 is 0.844 bits per heavy atom. The highest BCUT2D eigenvalue weighted by Crippen LogP contribution is 2.43. The van der Waals surface area contributed by atoms with Crippen molar-refractivity contribution in [1.82, 2.24) is 4.98 Å². The van der Waals surface area contributed by atoms with Gasteiger partial charge in [-0.15, -0.1) is 0 Å². The Kier molecular flexibility index (Phi) is 5.90. The highest BCUT2D eigenvalue weighted by atomic mass is 16.5. The molecule has 0 radical (unpaired) electrons. The van der Waals surface area contributed by atoms with Crippen molar-refractivity contribution in [3.8, 4) is 34.5 Å². The topological polar surface area (TPSA) is 80.0 Å². The summed E-state index contributed by atoms with van der Waals surface area (Å²) in [5.41, 5.74) is 3.79. The van der Waals surface area contributed by atoms with Crippen LogP contribution in [-0.2, 0) is 4.79 Å².